The highest BCUT2D eigenvalue weighted by molar-refractivity contribution is 5.31. The number of aliphatic hydroxyl groups is 2. The summed E-state index contributed by atoms with van der Waals surface area (Å²) in [7, 11) is 0. The zero-order chi connectivity index (χ0) is 15.6. The van der Waals surface area contributed by atoms with Crippen molar-refractivity contribution in [1.29, 1.82) is 0 Å². The topological polar surface area (TPSA) is 40.5 Å². The molecule has 2 N–H and O–H groups in total. The van der Waals surface area contributed by atoms with Gasteiger partial charge in [-0.2, -0.15) is 0 Å². The second-order valence-corrected chi connectivity index (χ2v) is 8.37. The lowest BCUT2D eigenvalue weighted by Crippen LogP contribution is -2.61. The van der Waals surface area contributed by atoms with Gasteiger partial charge in [0.25, 0.3) is 0 Å². The fourth-order valence-corrected chi connectivity index (χ4v) is 5.71. The zero-order valence-electron chi connectivity index (χ0n) is 13.4. The molecule has 0 aromatic rings. The highest BCUT2D eigenvalue weighted by atomic mass is 19.1. The Kier molecular flexibility index (Phi) is 3.16. The Hall–Kier alpha value is -0.670. The number of fused-ring (bicyclic) bond motifs is 4. The van der Waals surface area contributed by atoms with Crippen LogP contribution in [-0.2, 0) is 0 Å². The maximum Gasteiger partial charge on any atom is 0.158 e. The molecule has 0 aromatic carbocycles. The van der Waals surface area contributed by atoms with Crippen LogP contribution in [0.2, 0.25) is 0 Å². The number of hydrogen-bond donors (Lipinski definition) is 2. The van der Waals surface area contributed by atoms with E-state index in [0.29, 0.717) is 25.2 Å². The van der Waals surface area contributed by atoms with Crippen LogP contribution < -0.4 is 0 Å². The van der Waals surface area contributed by atoms with Crippen LogP contribution >= 0.6 is 0 Å². The van der Waals surface area contributed by atoms with E-state index in [0.717, 1.165) is 37.7 Å². The Bertz CT molecular complexity index is 542. The molecular formula is C19H27FO2. The highest BCUT2D eigenvalue weighted by Crippen LogP contribution is 2.61. The zero-order valence-corrected chi connectivity index (χ0v) is 13.4. The number of aliphatic hydroxyl groups excluding tert-OH is 1. The minimum atomic E-state index is -1.62. The van der Waals surface area contributed by atoms with E-state index >= 15 is 4.39 Å². The van der Waals surface area contributed by atoms with Crippen molar-refractivity contribution in [2.75, 3.05) is 0 Å². The largest absolute Gasteiger partial charge is 0.393 e. The Labute approximate surface area is 132 Å². The molecule has 2 fully saturated rings. The quantitative estimate of drug-likeness (QED) is 0.670. The van der Waals surface area contributed by atoms with Gasteiger partial charge in [0.15, 0.2) is 5.67 Å². The summed E-state index contributed by atoms with van der Waals surface area (Å²) in [6.45, 7) is 2.17. The molecule has 0 saturated heterocycles. The first-order valence-electron chi connectivity index (χ1n) is 8.85. The smallest absolute Gasteiger partial charge is 0.158 e. The third kappa shape index (κ3) is 1.91. The van der Waals surface area contributed by atoms with Crippen LogP contribution in [0, 0.1) is 17.3 Å². The first kappa shape index (κ1) is 14.9. The molecule has 4 aliphatic rings. The average molecular weight is 306 g/mol. The summed E-state index contributed by atoms with van der Waals surface area (Å²) in [6, 6.07) is 0. The van der Waals surface area contributed by atoms with Gasteiger partial charge in [0.05, 0.1) is 6.10 Å². The molecule has 0 heterocycles. The van der Waals surface area contributed by atoms with E-state index in [2.05, 4.69) is 19.1 Å². The van der Waals surface area contributed by atoms with E-state index in [1.807, 2.05) is 0 Å². The summed E-state index contributed by atoms with van der Waals surface area (Å²) in [4.78, 5) is 0. The van der Waals surface area contributed by atoms with Crippen LogP contribution in [0.5, 0.6) is 0 Å². The van der Waals surface area contributed by atoms with Gasteiger partial charge in [-0.1, -0.05) is 24.6 Å². The lowest BCUT2D eigenvalue weighted by Gasteiger charge is -2.54. The van der Waals surface area contributed by atoms with Crippen LogP contribution in [0.4, 0.5) is 4.39 Å². The van der Waals surface area contributed by atoms with Crippen molar-refractivity contribution in [3.8, 4) is 0 Å². The molecule has 0 aromatic heterocycles. The van der Waals surface area contributed by atoms with Crippen LogP contribution in [0.3, 0.4) is 0 Å². The third-order valence-electron chi connectivity index (χ3n) is 7.12. The Balaban J connectivity index is 1.75. The molecule has 0 amide bonds. The number of allylic oxidation sites excluding steroid dienone is 2. The van der Waals surface area contributed by atoms with Crippen molar-refractivity contribution in [1.82, 2.24) is 0 Å². The van der Waals surface area contributed by atoms with Gasteiger partial charge < -0.3 is 10.2 Å². The molecular weight excluding hydrogens is 279 g/mol. The maximum absolute atomic E-state index is 15.9. The van der Waals surface area contributed by atoms with E-state index in [1.54, 1.807) is 6.08 Å². The molecule has 4 rings (SSSR count). The van der Waals surface area contributed by atoms with Gasteiger partial charge in [-0.05, 0) is 68.8 Å². The Morgan fingerprint density at radius 2 is 2.00 bits per heavy atom. The summed E-state index contributed by atoms with van der Waals surface area (Å²) in [5.74, 6) is 0.340. The van der Waals surface area contributed by atoms with Crippen molar-refractivity contribution < 1.29 is 14.6 Å². The predicted octanol–water partition coefficient (Wildman–Crippen LogP) is 3.68. The lowest BCUT2D eigenvalue weighted by molar-refractivity contribution is -0.174. The maximum atomic E-state index is 15.9. The molecule has 122 valence electrons. The van der Waals surface area contributed by atoms with Crippen LogP contribution in [0.25, 0.3) is 0 Å². The van der Waals surface area contributed by atoms with Gasteiger partial charge >= 0.3 is 0 Å². The van der Waals surface area contributed by atoms with Crippen molar-refractivity contribution >= 4 is 0 Å². The van der Waals surface area contributed by atoms with E-state index in [-0.39, 0.29) is 17.4 Å². The molecule has 5 unspecified atom stereocenters. The standard InChI is InChI=1S/C19H27FO2/c1-17-7-2-3-16(17)19(22)8-6-13-4-5-15(21)11-14(13)12-18(19,20)10-9-17/h2,7,12-13,15-16,21-22H,3-6,8-11H2,1H3/t13?,15?,16?,17?,18?,19-/m0/s1. The first-order valence-corrected chi connectivity index (χ1v) is 8.85. The van der Waals surface area contributed by atoms with Crippen LogP contribution in [-0.4, -0.2) is 27.6 Å². The second kappa shape index (κ2) is 4.67. The second-order valence-electron chi connectivity index (χ2n) is 8.37. The Morgan fingerprint density at radius 1 is 1.18 bits per heavy atom. The van der Waals surface area contributed by atoms with Crippen molar-refractivity contribution in [2.45, 2.75) is 75.7 Å². The van der Waals surface area contributed by atoms with E-state index in [4.69, 9.17) is 0 Å². The van der Waals surface area contributed by atoms with E-state index < -0.39 is 11.3 Å². The third-order valence-corrected chi connectivity index (χ3v) is 7.12. The monoisotopic (exact) mass is 306 g/mol. The predicted molar refractivity (Wildman–Crippen MR) is 84.0 cm³/mol. The molecule has 3 heteroatoms. The SMILES string of the molecule is CC12C=CCC1[C@@]1(O)CCC3CCC(O)CC3=CC1(F)CC2. The normalized spacial score (nSPS) is 54.0. The average Bonchev–Trinajstić information content (AvgIpc) is 2.82. The number of halogens is 1. The first-order chi connectivity index (χ1) is 10.4. The summed E-state index contributed by atoms with van der Waals surface area (Å²) in [5.41, 5.74) is -1.87. The number of hydrogen-bond acceptors (Lipinski definition) is 2. The summed E-state index contributed by atoms with van der Waals surface area (Å²) < 4.78 is 15.9. The van der Waals surface area contributed by atoms with Crippen molar-refractivity contribution in [2.24, 2.45) is 17.3 Å². The van der Waals surface area contributed by atoms with Crippen molar-refractivity contribution in [3.63, 3.8) is 0 Å². The highest BCUT2D eigenvalue weighted by Gasteiger charge is 2.63. The van der Waals surface area contributed by atoms with Crippen LogP contribution in [0.1, 0.15) is 58.3 Å². The fraction of sp³-hybridized carbons (Fsp3) is 0.789. The molecule has 0 bridgehead atoms. The molecule has 4 aliphatic carbocycles. The fourth-order valence-electron chi connectivity index (χ4n) is 5.71. The van der Waals surface area contributed by atoms with Gasteiger partial charge in [-0.15, -0.1) is 0 Å². The summed E-state index contributed by atoms with van der Waals surface area (Å²) >= 11 is 0. The summed E-state index contributed by atoms with van der Waals surface area (Å²) in [6.07, 6.45) is 11.4. The molecule has 2 saturated carbocycles. The van der Waals surface area contributed by atoms with Gasteiger partial charge in [0.2, 0.25) is 0 Å². The minimum absolute atomic E-state index is 0.0133. The van der Waals surface area contributed by atoms with Gasteiger partial charge in [0, 0.05) is 5.92 Å². The van der Waals surface area contributed by atoms with Crippen molar-refractivity contribution in [3.05, 3.63) is 23.8 Å². The van der Waals surface area contributed by atoms with E-state index in [1.165, 1.54) is 0 Å². The molecule has 0 aliphatic heterocycles. The van der Waals surface area contributed by atoms with Gasteiger partial charge in [-0.25, -0.2) is 4.39 Å². The lowest BCUT2D eigenvalue weighted by atomic mass is 9.55. The molecule has 6 atom stereocenters. The van der Waals surface area contributed by atoms with Crippen LogP contribution in [0.15, 0.2) is 23.8 Å². The van der Waals surface area contributed by atoms with E-state index in [9.17, 15) is 10.2 Å². The van der Waals surface area contributed by atoms with Gasteiger partial charge in [-0.3, -0.25) is 0 Å². The number of alkyl halides is 1. The molecule has 2 nitrogen and oxygen atoms in total. The summed E-state index contributed by atoms with van der Waals surface area (Å²) in [5, 5.41) is 21.4. The van der Waals surface area contributed by atoms with Gasteiger partial charge in [0.1, 0.15) is 5.60 Å². The minimum Gasteiger partial charge on any atom is -0.393 e. The Morgan fingerprint density at radius 3 is 2.82 bits per heavy atom. The number of rotatable bonds is 0. The molecule has 0 spiro atoms. The molecule has 0 radical (unpaired) electrons. The molecule has 22 heavy (non-hydrogen) atoms.